The van der Waals surface area contributed by atoms with Gasteiger partial charge in [-0.25, -0.2) is 4.98 Å². The van der Waals surface area contributed by atoms with Gasteiger partial charge in [0.05, 0.1) is 5.01 Å². The molecule has 0 amide bonds. The second-order valence-electron chi connectivity index (χ2n) is 4.13. The highest BCUT2D eigenvalue weighted by Gasteiger charge is 2.13. The molecule has 86 valence electrons. The number of rotatable bonds is 3. The van der Waals surface area contributed by atoms with Crippen molar-refractivity contribution in [3.63, 3.8) is 0 Å². The number of aromatic nitrogens is 1. The smallest absolute Gasteiger partial charge is 0.151 e. The van der Waals surface area contributed by atoms with Crippen LogP contribution < -0.4 is 0 Å². The van der Waals surface area contributed by atoms with Crippen LogP contribution in [0.15, 0.2) is 5.38 Å². The summed E-state index contributed by atoms with van der Waals surface area (Å²) < 4.78 is 0. The Kier molecular flexibility index (Phi) is 3.88. The van der Waals surface area contributed by atoms with Crippen molar-refractivity contribution in [2.45, 2.75) is 6.42 Å². The van der Waals surface area contributed by atoms with E-state index < -0.39 is 0 Å². The van der Waals surface area contributed by atoms with E-state index in [0.29, 0.717) is 5.69 Å². The normalized spacial score (nSPS) is 18.5. The standard InChI is InChI=1S/C11H16N4S/c1-14-4-6-15(7-5-14)3-2-11-13-10(8-12)9-16-11/h9H,2-7H2,1H3. The van der Waals surface area contributed by atoms with E-state index in [0.717, 1.165) is 44.2 Å². The van der Waals surface area contributed by atoms with Crippen LogP contribution in [-0.4, -0.2) is 54.6 Å². The van der Waals surface area contributed by atoms with Gasteiger partial charge in [-0.3, -0.25) is 0 Å². The Balaban J connectivity index is 1.77. The van der Waals surface area contributed by atoms with E-state index in [2.05, 4.69) is 27.9 Å². The van der Waals surface area contributed by atoms with Crippen LogP contribution in [0.2, 0.25) is 0 Å². The average molecular weight is 236 g/mol. The van der Waals surface area contributed by atoms with E-state index in [4.69, 9.17) is 5.26 Å². The van der Waals surface area contributed by atoms with Crippen LogP contribution in [-0.2, 0) is 6.42 Å². The van der Waals surface area contributed by atoms with Crippen molar-refractivity contribution in [3.8, 4) is 6.07 Å². The van der Waals surface area contributed by atoms with E-state index in [1.165, 1.54) is 0 Å². The molecule has 0 spiro atoms. The largest absolute Gasteiger partial charge is 0.304 e. The fraction of sp³-hybridized carbons (Fsp3) is 0.636. The van der Waals surface area contributed by atoms with Gasteiger partial charge in [-0.15, -0.1) is 11.3 Å². The molecule has 1 aromatic rings. The highest BCUT2D eigenvalue weighted by molar-refractivity contribution is 7.09. The molecule has 1 aliphatic rings. The lowest BCUT2D eigenvalue weighted by molar-refractivity contribution is 0.155. The molecule has 1 aromatic heterocycles. The molecule has 0 saturated carbocycles. The van der Waals surface area contributed by atoms with Crippen molar-refractivity contribution in [1.82, 2.24) is 14.8 Å². The molecule has 1 aliphatic heterocycles. The average Bonchev–Trinajstić information content (AvgIpc) is 2.76. The van der Waals surface area contributed by atoms with Gasteiger partial charge in [0.1, 0.15) is 6.07 Å². The zero-order valence-electron chi connectivity index (χ0n) is 9.52. The highest BCUT2D eigenvalue weighted by atomic mass is 32.1. The Morgan fingerprint density at radius 2 is 2.19 bits per heavy atom. The molecule has 2 heterocycles. The Bertz CT molecular complexity index is 374. The van der Waals surface area contributed by atoms with Crippen LogP contribution in [0.4, 0.5) is 0 Å². The predicted molar refractivity (Wildman–Crippen MR) is 64.5 cm³/mol. The molecule has 4 nitrogen and oxygen atoms in total. The monoisotopic (exact) mass is 236 g/mol. The maximum Gasteiger partial charge on any atom is 0.151 e. The molecule has 5 heteroatoms. The maximum absolute atomic E-state index is 8.68. The fourth-order valence-corrected chi connectivity index (χ4v) is 2.52. The minimum atomic E-state index is 0.554. The number of hydrogen-bond acceptors (Lipinski definition) is 5. The number of nitrogens with zero attached hydrogens (tertiary/aromatic N) is 4. The second kappa shape index (κ2) is 5.39. The minimum Gasteiger partial charge on any atom is -0.304 e. The topological polar surface area (TPSA) is 43.2 Å². The summed E-state index contributed by atoms with van der Waals surface area (Å²) in [6.07, 6.45) is 0.968. The minimum absolute atomic E-state index is 0.554. The number of likely N-dealkylation sites (N-methyl/N-ethyl adjacent to an activating group) is 1. The molecular weight excluding hydrogens is 220 g/mol. The van der Waals surface area contributed by atoms with Gasteiger partial charge < -0.3 is 9.80 Å². The molecule has 1 fully saturated rings. The summed E-state index contributed by atoms with van der Waals surface area (Å²) in [5, 5.41) is 11.6. The lowest BCUT2D eigenvalue weighted by atomic mass is 10.3. The Morgan fingerprint density at radius 3 is 2.81 bits per heavy atom. The quantitative estimate of drug-likeness (QED) is 0.779. The van der Waals surface area contributed by atoms with Gasteiger partial charge in [-0.05, 0) is 7.05 Å². The first-order valence-corrected chi connectivity index (χ1v) is 6.41. The van der Waals surface area contributed by atoms with E-state index in [-0.39, 0.29) is 0 Å². The third-order valence-corrected chi connectivity index (χ3v) is 3.81. The summed E-state index contributed by atoms with van der Waals surface area (Å²) in [6.45, 7) is 5.66. The molecule has 0 aromatic carbocycles. The van der Waals surface area contributed by atoms with Gasteiger partial charge in [0.15, 0.2) is 5.69 Å². The number of nitriles is 1. The molecule has 0 aliphatic carbocycles. The van der Waals surface area contributed by atoms with Crippen molar-refractivity contribution in [1.29, 1.82) is 5.26 Å². The van der Waals surface area contributed by atoms with E-state index in [9.17, 15) is 0 Å². The summed E-state index contributed by atoms with van der Waals surface area (Å²) in [6, 6.07) is 2.07. The molecule has 0 unspecified atom stereocenters. The first-order valence-electron chi connectivity index (χ1n) is 5.53. The molecule has 0 radical (unpaired) electrons. The first-order chi connectivity index (χ1) is 7.78. The van der Waals surface area contributed by atoms with E-state index in [1.807, 2.05) is 5.38 Å². The van der Waals surface area contributed by atoms with Crippen LogP contribution in [0, 0.1) is 11.3 Å². The number of piperazine rings is 1. The molecule has 0 N–H and O–H groups in total. The van der Waals surface area contributed by atoms with Crippen LogP contribution in [0.5, 0.6) is 0 Å². The first kappa shape index (κ1) is 11.5. The van der Waals surface area contributed by atoms with E-state index in [1.54, 1.807) is 11.3 Å². The summed E-state index contributed by atoms with van der Waals surface area (Å²) >= 11 is 1.59. The van der Waals surface area contributed by atoms with Gasteiger partial charge in [0.2, 0.25) is 0 Å². The van der Waals surface area contributed by atoms with Gasteiger partial charge in [-0.1, -0.05) is 0 Å². The second-order valence-corrected chi connectivity index (χ2v) is 5.08. The summed E-state index contributed by atoms with van der Waals surface area (Å²) in [7, 11) is 2.16. The molecule has 0 atom stereocenters. The lowest BCUT2D eigenvalue weighted by Gasteiger charge is -2.32. The van der Waals surface area contributed by atoms with Crippen LogP contribution >= 0.6 is 11.3 Å². The zero-order valence-corrected chi connectivity index (χ0v) is 10.3. The van der Waals surface area contributed by atoms with E-state index >= 15 is 0 Å². The molecule has 1 saturated heterocycles. The third-order valence-electron chi connectivity index (χ3n) is 2.90. The zero-order chi connectivity index (χ0) is 11.4. The number of hydrogen-bond donors (Lipinski definition) is 0. The molecule has 0 bridgehead atoms. The van der Waals surface area contributed by atoms with Gasteiger partial charge >= 0.3 is 0 Å². The van der Waals surface area contributed by atoms with Gasteiger partial charge in [0, 0.05) is 44.5 Å². The van der Waals surface area contributed by atoms with Crippen molar-refractivity contribution >= 4 is 11.3 Å². The van der Waals surface area contributed by atoms with Crippen LogP contribution in [0.3, 0.4) is 0 Å². The van der Waals surface area contributed by atoms with Crippen molar-refractivity contribution < 1.29 is 0 Å². The Labute approximate surface area is 100 Å². The molecule has 16 heavy (non-hydrogen) atoms. The van der Waals surface area contributed by atoms with Crippen molar-refractivity contribution in [3.05, 3.63) is 16.1 Å². The lowest BCUT2D eigenvalue weighted by Crippen LogP contribution is -2.45. The number of thiazole rings is 1. The molecular formula is C11H16N4S. The van der Waals surface area contributed by atoms with Crippen molar-refractivity contribution in [2.24, 2.45) is 0 Å². The van der Waals surface area contributed by atoms with Crippen LogP contribution in [0.1, 0.15) is 10.7 Å². The fourth-order valence-electron chi connectivity index (χ4n) is 1.80. The summed E-state index contributed by atoms with van der Waals surface area (Å²) in [5.74, 6) is 0. The van der Waals surface area contributed by atoms with Crippen molar-refractivity contribution in [2.75, 3.05) is 39.8 Å². The van der Waals surface area contributed by atoms with Gasteiger partial charge in [-0.2, -0.15) is 5.26 Å². The SMILES string of the molecule is CN1CCN(CCc2nc(C#N)cs2)CC1. The third kappa shape index (κ3) is 3.01. The Morgan fingerprint density at radius 1 is 1.44 bits per heavy atom. The maximum atomic E-state index is 8.68. The predicted octanol–water partition coefficient (Wildman–Crippen LogP) is 0.805. The summed E-state index contributed by atoms with van der Waals surface area (Å²) in [5.41, 5.74) is 0.554. The summed E-state index contributed by atoms with van der Waals surface area (Å²) in [4.78, 5) is 9.07. The van der Waals surface area contributed by atoms with Gasteiger partial charge in [0.25, 0.3) is 0 Å². The van der Waals surface area contributed by atoms with Crippen LogP contribution in [0.25, 0.3) is 0 Å². The Hall–Kier alpha value is -0.960. The highest BCUT2D eigenvalue weighted by Crippen LogP contribution is 2.10. The molecule has 2 rings (SSSR count).